The van der Waals surface area contributed by atoms with Crippen LogP contribution in [0.3, 0.4) is 0 Å². The first kappa shape index (κ1) is 20.1. The van der Waals surface area contributed by atoms with Crippen LogP contribution >= 0.6 is 0 Å². The van der Waals surface area contributed by atoms with Crippen molar-refractivity contribution in [2.75, 3.05) is 18.5 Å². The number of hydrogen-bond acceptors (Lipinski definition) is 5. The lowest BCUT2D eigenvalue weighted by molar-refractivity contribution is -0.155. The Balaban J connectivity index is 1.95. The Bertz CT molecular complexity index is 721. The number of ketones is 1. The second kappa shape index (κ2) is 7.58. The van der Waals surface area contributed by atoms with Gasteiger partial charge in [-0.2, -0.15) is 0 Å². The molecule has 0 heterocycles. The highest BCUT2D eigenvalue weighted by Crippen LogP contribution is 2.33. The number of esters is 1. The molecule has 0 aromatic heterocycles. The van der Waals surface area contributed by atoms with Crippen LogP contribution in [0.2, 0.25) is 0 Å². The minimum Gasteiger partial charge on any atom is -0.463 e. The first-order valence-electron chi connectivity index (χ1n) is 8.82. The van der Waals surface area contributed by atoms with Crippen LogP contribution in [0.1, 0.15) is 56.5 Å². The minimum absolute atomic E-state index is 0.0246. The fourth-order valence-electron chi connectivity index (χ4n) is 2.70. The van der Waals surface area contributed by atoms with Gasteiger partial charge in [0.15, 0.2) is 5.78 Å². The van der Waals surface area contributed by atoms with Crippen molar-refractivity contribution in [1.29, 1.82) is 0 Å². The Kier molecular flexibility index (Phi) is 5.86. The maximum absolute atomic E-state index is 12.6. The predicted molar refractivity (Wildman–Crippen MR) is 97.9 cm³/mol. The molecule has 0 saturated carbocycles. The number of nitrogens with one attached hydrogen (secondary N) is 1. The van der Waals surface area contributed by atoms with Gasteiger partial charge >= 0.3 is 5.97 Å². The van der Waals surface area contributed by atoms with Crippen molar-refractivity contribution in [3.63, 3.8) is 0 Å². The van der Waals surface area contributed by atoms with Crippen LogP contribution in [-0.4, -0.2) is 36.0 Å². The first-order valence-corrected chi connectivity index (χ1v) is 8.82. The minimum atomic E-state index is -0.741. The van der Waals surface area contributed by atoms with E-state index >= 15 is 0 Å². The molecule has 26 heavy (non-hydrogen) atoms. The molecule has 1 aliphatic carbocycles. The summed E-state index contributed by atoms with van der Waals surface area (Å²) in [5.74, 6) is -0.453. The van der Waals surface area contributed by atoms with Gasteiger partial charge in [0, 0.05) is 23.1 Å². The van der Waals surface area contributed by atoms with E-state index in [2.05, 4.69) is 5.32 Å². The number of aliphatic hydroxyl groups excluding tert-OH is 1. The number of carbonyl (C=O) groups is 3. The van der Waals surface area contributed by atoms with Crippen molar-refractivity contribution in [1.82, 2.24) is 0 Å². The van der Waals surface area contributed by atoms with Crippen molar-refractivity contribution >= 4 is 23.3 Å². The number of benzene rings is 1. The van der Waals surface area contributed by atoms with Crippen LogP contribution in [0.25, 0.3) is 0 Å². The lowest BCUT2D eigenvalue weighted by atomic mass is 9.78. The maximum atomic E-state index is 12.6. The molecule has 0 atom stereocenters. The number of aliphatic hydroxyl groups is 1. The fourth-order valence-corrected chi connectivity index (χ4v) is 2.70. The van der Waals surface area contributed by atoms with Crippen molar-refractivity contribution in [2.45, 2.75) is 47.0 Å². The highest BCUT2D eigenvalue weighted by molar-refractivity contribution is 6.08. The van der Waals surface area contributed by atoms with Gasteiger partial charge in [-0.1, -0.05) is 19.9 Å². The zero-order chi connectivity index (χ0) is 19.5. The average Bonchev–Trinajstić information content (AvgIpc) is 2.58. The van der Waals surface area contributed by atoms with Crippen LogP contribution in [0.15, 0.2) is 18.2 Å². The van der Waals surface area contributed by atoms with Gasteiger partial charge in [0.2, 0.25) is 5.91 Å². The van der Waals surface area contributed by atoms with Crippen LogP contribution < -0.4 is 5.32 Å². The van der Waals surface area contributed by atoms with Crippen molar-refractivity contribution in [2.24, 2.45) is 10.8 Å². The van der Waals surface area contributed by atoms with Gasteiger partial charge in [-0.15, -0.1) is 0 Å². The highest BCUT2D eigenvalue weighted by Gasteiger charge is 2.35. The molecular weight excluding hydrogens is 334 g/mol. The molecule has 0 saturated heterocycles. The van der Waals surface area contributed by atoms with E-state index in [0.29, 0.717) is 30.5 Å². The smallest absolute Gasteiger partial charge is 0.311 e. The molecule has 1 aliphatic rings. The molecule has 6 heteroatoms. The number of hydrogen-bond donors (Lipinski definition) is 2. The number of rotatable bonds is 8. The summed E-state index contributed by atoms with van der Waals surface area (Å²) in [5, 5.41) is 11.6. The third-order valence-corrected chi connectivity index (χ3v) is 4.89. The molecule has 6 nitrogen and oxygen atoms in total. The Morgan fingerprint density at radius 1 is 1.15 bits per heavy atom. The number of amides is 1. The molecule has 0 bridgehead atoms. The van der Waals surface area contributed by atoms with Crippen molar-refractivity contribution in [3.8, 4) is 0 Å². The largest absolute Gasteiger partial charge is 0.463 e. The lowest BCUT2D eigenvalue weighted by Gasteiger charge is -2.29. The average molecular weight is 361 g/mol. The molecule has 1 aromatic carbocycles. The third kappa shape index (κ3) is 4.49. The van der Waals surface area contributed by atoms with E-state index in [0.717, 1.165) is 5.56 Å². The van der Waals surface area contributed by atoms with Gasteiger partial charge in [-0.3, -0.25) is 14.4 Å². The molecule has 2 rings (SSSR count). The topological polar surface area (TPSA) is 92.7 Å². The lowest BCUT2D eigenvalue weighted by Crippen LogP contribution is -2.34. The summed E-state index contributed by atoms with van der Waals surface area (Å²) in [6, 6.07) is 5.38. The first-order chi connectivity index (χ1) is 12.1. The summed E-state index contributed by atoms with van der Waals surface area (Å²) in [4.78, 5) is 36.2. The quantitative estimate of drug-likeness (QED) is 0.695. The molecular formula is C20H27NO5. The second-order valence-corrected chi connectivity index (χ2v) is 8.05. The van der Waals surface area contributed by atoms with E-state index in [1.807, 2.05) is 19.9 Å². The zero-order valence-corrected chi connectivity index (χ0v) is 15.8. The summed E-state index contributed by atoms with van der Waals surface area (Å²) in [6.45, 7) is 6.95. The predicted octanol–water partition coefficient (Wildman–Crippen LogP) is 2.73. The monoisotopic (exact) mass is 361 g/mol. The van der Waals surface area contributed by atoms with Gasteiger partial charge in [0.1, 0.15) is 6.61 Å². The van der Waals surface area contributed by atoms with Crippen molar-refractivity contribution < 1.29 is 24.2 Å². The van der Waals surface area contributed by atoms with E-state index in [1.165, 1.54) is 0 Å². The van der Waals surface area contributed by atoms with Crippen LogP contribution in [0, 0.1) is 10.8 Å². The summed E-state index contributed by atoms with van der Waals surface area (Å²) < 4.78 is 5.00. The second-order valence-electron chi connectivity index (χ2n) is 8.05. The van der Waals surface area contributed by atoms with E-state index in [-0.39, 0.29) is 30.9 Å². The summed E-state index contributed by atoms with van der Waals surface area (Å²) in [5.41, 5.74) is 0.858. The molecule has 0 aliphatic heterocycles. The summed E-state index contributed by atoms with van der Waals surface area (Å²) >= 11 is 0. The van der Waals surface area contributed by atoms with E-state index in [9.17, 15) is 14.4 Å². The molecule has 1 amide bonds. The standard InChI is InChI=1S/C20H27NO5/c1-19(2,7-8-20(3,4)18(25)26-10-9-22)17(24)21-14-6-5-13-11-16(23)15(13)12-14/h5-6,12,22H,7-11H2,1-4H3,(H,21,24). The fraction of sp³-hybridized carbons (Fsp3) is 0.550. The number of anilines is 1. The maximum Gasteiger partial charge on any atom is 0.311 e. The highest BCUT2D eigenvalue weighted by atomic mass is 16.5. The molecule has 0 unspecified atom stereocenters. The van der Waals surface area contributed by atoms with Gasteiger partial charge in [-0.25, -0.2) is 0 Å². The van der Waals surface area contributed by atoms with Gasteiger partial charge < -0.3 is 15.2 Å². The molecule has 0 radical (unpaired) electrons. The molecule has 142 valence electrons. The number of ether oxygens (including phenoxy) is 1. The van der Waals surface area contributed by atoms with Gasteiger partial charge in [0.05, 0.1) is 12.0 Å². The normalized spacial score (nSPS) is 13.7. The number of fused-ring (bicyclic) bond motifs is 1. The molecule has 2 N–H and O–H groups in total. The van der Waals surface area contributed by atoms with Crippen LogP contribution in [0.4, 0.5) is 5.69 Å². The molecule has 0 fully saturated rings. The molecule has 0 spiro atoms. The Hall–Kier alpha value is -2.21. The summed E-state index contributed by atoms with van der Waals surface area (Å²) in [7, 11) is 0. The number of Topliss-reactive ketones (excluding diaryl/α,β-unsaturated/α-hetero) is 1. The van der Waals surface area contributed by atoms with E-state index in [1.54, 1.807) is 26.0 Å². The zero-order valence-electron chi connectivity index (χ0n) is 15.8. The van der Waals surface area contributed by atoms with Crippen LogP contribution in [0.5, 0.6) is 0 Å². The third-order valence-electron chi connectivity index (χ3n) is 4.89. The Labute approximate surface area is 153 Å². The van der Waals surface area contributed by atoms with E-state index in [4.69, 9.17) is 9.84 Å². The molecule has 1 aromatic rings. The summed E-state index contributed by atoms with van der Waals surface area (Å²) in [6.07, 6.45) is 1.43. The van der Waals surface area contributed by atoms with Gasteiger partial charge in [-0.05, 0) is 44.4 Å². The van der Waals surface area contributed by atoms with Crippen molar-refractivity contribution in [3.05, 3.63) is 29.3 Å². The van der Waals surface area contributed by atoms with Gasteiger partial charge in [0.25, 0.3) is 0 Å². The SMILES string of the molecule is CC(C)(CCC(C)(C)C(=O)OCCO)C(=O)Nc1ccc2c(c1)C(=O)C2. The number of carbonyl (C=O) groups excluding carboxylic acids is 3. The van der Waals surface area contributed by atoms with E-state index < -0.39 is 10.8 Å². The Morgan fingerprint density at radius 3 is 2.42 bits per heavy atom. The van der Waals surface area contributed by atoms with Crippen LogP contribution in [-0.2, 0) is 20.7 Å². The Morgan fingerprint density at radius 2 is 1.81 bits per heavy atom.